The summed E-state index contributed by atoms with van der Waals surface area (Å²) in [4.78, 5) is 13.1. The molecule has 86 valence electrons. The quantitative estimate of drug-likeness (QED) is 0.768. The van der Waals surface area contributed by atoms with E-state index in [0.29, 0.717) is 16.4 Å². The number of hydrogen-bond acceptors (Lipinski definition) is 3. The highest BCUT2D eigenvalue weighted by molar-refractivity contribution is 7.14. The summed E-state index contributed by atoms with van der Waals surface area (Å²) in [6.07, 6.45) is 0. The van der Waals surface area contributed by atoms with Crippen molar-refractivity contribution in [3.63, 3.8) is 0 Å². The van der Waals surface area contributed by atoms with Gasteiger partial charge in [-0.2, -0.15) is 0 Å². The number of hydrogen-bond donors (Lipinski definition) is 1. The van der Waals surface area contributed by atoms with Crippen molar-refractivity contribution in [1.82, 2.24) is 0 Å². The zero-order valence-corrected chi connectivity index (χ0v) is 10.4. The lowest BCUT2D eigenvalue weighted by Crippen LogP contribution is -2.10. The van der Waals surface area contributed by atoms with Gasteiger partial charge in [0.25, 0.3) is 5.91 Å². The number of nitrogens with one attached hydrogen (secondary N) is 1. The lowest BCUT2D eigenvalue weighted by atomic mass is 10.2. The van der Waals surface area contributed by atoms with Crippen LogP contribution in [0.1, 0.15) is 20.8 Å². The molecule has 1 N–H and O–H groups in total. The lowest BCUT2D eigenvalue weighted by molar-refractivity contribution is 0.102. The van der Waals surface area contributed by atoms with Gasteiger partial charge in [-0.05, 0) is 31.5 Å². The number of rotatable bonds is 0. The highest BCUT2D eigenvalue weighted by Gasteiger charge is 2.23. The Hall–Kier alpha value is -1.81. The standard InChI is InChI=1S/C13H11NO2S/c1-7-4-3-5-10-11(7)14-12(15)9-6-8(2)17-13(9)16-10/h3-6H,1-2H3,(H,14,15). The molecular weight excluding hydrogens is 234 g/mol. The average molecular weight is 245 g/mol. The molecule has 0 atom stereocenters. The molecule has 0 bridgehead atoms. The molecule has 4 heteroatoms. The van der Waals surface area contributed by atoms with Crippen molar-refractivity contribution in [2.24, 2.45) is 0 Å². The van der Waals surface area contributed by atoms with Crippen LogP contribution in [0, 0.1) is 13.8 Å². The van der Waals surface area contributed by atoms with Gasteiger partial charge in [0.1, 0.15) is 0 Å². The molecule has 2 heterocycles. The summed E-state index contributed by atoms with van der Waals surface area (Å²) in [6.45, 7) is 3.92. The summed E-state index contributed by atoms with van der Waals surface area (Å²) in [5.74, 6) is 0.608. The topological polar surface area (TPSA) is 38.3 Å². The van der Waals surface area contributed by atoms with E-state index in [2.05, 4.69) is 5.32 Å². The van der Waals surface area contributed by atoms with E-state index in [9.17, 15) is 4.79 Å². The van der Waals surface area contributed by atoms with Crippen LogP contribution < -0.4 is 10.1 Å². The number of ether oxygens (including phenoxy) is 1. The summed E-state index contributed by atoms with van der Waals surface area (Å²) in [5.41, 5.74) is 2.38. The Morgan fingerprint density at radius 3 is 2.94 bits per heavy atom. The molecule has 0 spiro atoms. The van der Waals surface area contributed by atoms with Crippen LogP contribution in [0.2, 0.25) is 0 Å². The maximum absolute atomic E-state index is 12.0. The second kappa shape index (κ2) is 3.60. The third-order valence-corrected chi connectivity index (χ3v) is 3.67. The summed E-state index contributed by atoms with van der Waals surface area (Å²) in [5, 5.41) is 3.57. The normalized spacial score (nSPS) is 13.2. The van der Waals surface area contributed by atoms with Gasteiger partial charge in [0.2, 0.25) is 0 Å². The maximum Gasteiger partial charge on any atom is 0.260 e. The van der Waals surface area contributed by atoms with Crippen LogP contribution in [0.25, 0.3) is 0 Å². The molecular formula is C13H11NO2S. The van der Waals surface area contributed by atoms with Gasteiger partial charge in [-0.15, -0.1) is 11.3 Å². The van der Waals surface area contributed by atoms with E-state index >= 15 is 0 Å². The van der Waals surface area contributed by atoms with Crippen molar-refractivity contribution in [3.05, 3.63) is 40.3 Å². The zero-order chi connectivity index (χ0) is 12.0. The molecule has 1 amide bonds. The van der Waals surface area contributed by atoms with Crippen LogP contribution in [0.15, 0.2) is 24.3 Å². The zero-order valence-electron chi connectivity index (χ0n) is 9.53. The Bertz CT molecular complexity index is 616. The number of carbonyl (C=O) groups excluding carboxylic acids is 1. The van der Waals surface area contributed by atoms with Crippen molar-refractivity contribution >= 4 is 22.9 Å². The van der Waals surface area contributed by atoms with Crippen molar-refractivity contribution in [1.29, 1.82) is 0 Å². The largest absolute Gasteiger partial charge is 0.444 e. The fourth-order valence-electron chi connectivity index (χ4n) is 1.89. The molecule has 17 heavy (non-hydrogen) atoms. The van der Waals surface area contributed by atoms with Gasteiger partial charge in [-0.25, -0.2) is 0 Å². The lowest BCUT2D eigenvalue weighted by Gasteiger charge is -2.09. The first-order valence-electron chi connectivity index (χ1n) is 5.34. The summed E-state index contributed by atoms with van der Waals surface area (Å²) in [7, 11) is 0. The summed E-state index contributed by atoms with van der Waals surface area (Å²) in [6, 6.07) is 7.60. The molecule has 2 aromatic rings. The van der Waals surface area contributed by atoms with Crippen LogP contribution in [-0.4, -0.2) is 5.91 Å². The van der Waals surface area contributed by atoms with Gasteiger partial charge in [0.15, 0.2) is 10.8 Å². The summed E-state index contributed by atoms with van der Waals surface area (Å²) < 4.78 is 5.81. The molecule has 0 saturated carbocycles. The fraction of sp³-hybridized carbons (Fsp3) is 0.154. The number of aryl methyl sites for hydroxylation is 2. The van der Waals surface area contributed by atoms with Crippen LogP contribution in [0.5, 0.6) is 10.8 Å². The SMILES string of the molecule is Cc1cc2c(s1)Oc1cccc(C)c1NC2=O. The molecule has 0 aliphatic carbocycles. The number of amides is 1. The molecule has 0 fully saturated rings. The molecule has 0 saturated heterocycles. The highest BCUT2D eigenvalue weighted by Crippen LogP contribution is 2.41. The minimum absolute atomic E-state index is 0.0996. The molecule has 3 nitrogen and oxygen atoms in total. The van der Waals surface area contributed by atoms with Gasteiger partial charge in [0.05, 0.1) is 11.3 Å². The number of benzene rings is 1. The Kier molecular flexibility index (Phi) is 2.19. The van der Waals surface area contributed by atoms with Crippen molar-refractivity contribution < 1.29 is 9.53 Å². The van der Waals surface area contributed by atoms with Gasteiger partial charge in [-0.1, -0.05) is 12.1 Å². The van der Waals surface area contributed by atoms with Crippen LogP contribution in [-0.2, 0) is 0 Å². The van der Waals surface area contributed by atoms with E-state index in [1.165, 1.54) is 11.3 Å². The fourth-order valence-corrected chi connectivity index (χ4v) is 2.76. The second-order valence-corrected chi connectivity index (χ2v) is 5.28. The number of thiophene rings is 1. The van der Waals surface area contributed by atoms with Crippen LogP contribution in [0.4, 0.5) is 5.69 Å². The number of para-hydroxylation sites is 1. The predicted molar refractivity (Wildman–Crippen MR) is 68.3 cm³/mol. The van der Waals surface area contributed by atoms with Gasteiger partial charge < -0.3 is 10.1 Å². The van der Waals surface area contributed by atoms with Gasteiger partial charge in [-0.3, -0.25) is 4.79 Å². The Morgan fingerprint density at radius 1 is 1.29 bits per heavy atom. The molecule has 3 rings (SSSR count). The Morgan fingerprint density at radius 2 is 2.12 bits per heavy atom. The number of anilines is 1. The van der Waals surface area contributed by atoms with Crippen molar-refractivity contribution in [3.8, 4) is 10.8 Å². The van der Waals surface area contributed by atoms with E-state index in [0.717, 1.165) is 16.1 Å². The molecule has 1 aliphatic rings. The smallest absolute Gasteiger partial charge is 0.260 e. The number of fused-ring (bicyclic) bond motifs is 2. The van der Waals surface area contributed by atoms with E-state index in [4.69, 9.17) is 4.74 Å². The minimum Gasteiger partial charge on any atom is -0.444 e. The van der Waals surface area contributed by atoms with Crippen molar-refractivity contribution in [2.75, 3.05) is 5.32 Å². The Labute approximate surface area is 103 Å². The molecule has 1 aromatic heterocycles. The van der Waals surface area contributed by atoms with E-state index in [1.54, 1.807) is 0 Å². The maximum atomic E-state index is 12.0. The molecule has 1 aliphatic heterocycles. The molecule has 0 radical (unpaired) electrons. The average Bonchev–Trinajstić information content (AvgIpc) is 2.58. The first-order valence-corrected chi connectivity index (χ1v) is 6.16. The van der Waals surface area contributed by atoms with E-state index in [1.807, 2.05) is 38.1 Å². The van der Waals surface area contributed by atoms with Crippen LogP contribution in [0.3, 0.4) is 0 Å². The van der Waals surface area contributed by atoms with E-state index < -0.39 is 0 Å². The molecule has 1 aromatic carbocycles. The third kappa shape index (κ3) is 1.61. The van der Waals surface area contributed by atoms with Gasteiger partial charge >= 0.3 is 0 Å². The first-order chi connectivity index (χ1) is 8.15. The van der Waals surface area contributed by atoms with Gasteiger partial charge in [0, 0.05) is 4.88 Å². The van der Waals surface area contributed by atoms with E-state index in [-0.39, 0.29) is 5.91 Å². The third-order valence-electron chi connectivity index (χ3n) is 2.74. The minimum atomic E-state index is -0.0996. The number of carbonyl (C=O) groups is 1. The highest BCUT2D eigenvalue weighted by atomic mass is 32.1. The predicted octanol–water partition coefficient (Wildman–Crippen LogP) is 3.72. The first kappa shape index (κ1) is 10.4. The van der Waals surface area contributed by atoms with Crippen molar-refractivity contribution in [2.45, 2.75) is 13.8 Å². The Balaban J connectivity index is 2.19. The molecule has 0 unspecified atom stereocenters. The van der Waals surface area contributed by atoms with Crippen LogP contribution >= 0.6 is 11.3 Å². The summed E-state index contributed by atoms with van der Waals surface area (Å²) >= 11 is 1.49. The second-order valence-electron chi connectivity index (χ2n) is 4.06. The monoisotopic (exact) mass is 245 g/mol.